The predicted octanol–water partition coefficient (Wildman–Crippen LogP) is 6.09. The first-order valence-electron chi connectivity index (χ1n) is 13.5. The molecular weight excluding hydrogens is 520 g/mol. The summed E-state index contributed by atoms with van der Waals surface area (Å²) in [7, 11) is 0. The Morgan fingerprint density at radius 1 is 1.02 bits per heavy atom. The predicted molar refractivity (Wildman–Crippen MR) is 145 cm³/mol. The molecule has 0 unspecified atom stereocenters. The molecule has 3 aliphatic rings. The van der Waals surface area contributed by atoms with Gasteiger partial charge in [0.15, 0.2) is 6.10 Å². The summed E-state index contributed by atoms with van der Waals surface area (Å²) in [5.74, 6) is -0.214. The van der Waals surface area contributed by atoms with Crippen molar-refractivity contribution in [3.05, 3.63) is 100 Å². The highest BCUT2D eigenvalue weighted by atomic mass is 19.1. The van der Waals surface area contributed by atoms with Crippen molar-refractivity contribution in [2.45, 2.75) is 31.9 Å². The van der Waals surface area contributed by atoms with Crippen molar-refractivity contribution in [3.8, 4) is 5.75 Å². The number of nitro benzene ring substituents is 1. The number of anilines is 1. The average Bonchev–Trinajstić information content (AvgIpc) is 2.96. The van der Waals surface area contributed by atoms with Gasteiger partial charge in [-0.2, -0.15) is 0 Å². The Balaban J connectivity index is 1.22. The summed E-state index contributed by atoms with van der Waals surface area (Å²) in [6.07, 6.45) is 1.69. The molecule has 3 saturated heterocycles. The fraction of sp³-hybridized carbons (Fsp3) is 0.367. The lowest BCUT2D eigenvalue weighted by Gasteiger charge is -2.52. The van der Waals surface area contributed by atoms with E-state index in [4.69, 9.17) is 9.47 Å². The second kappa shape index (κ2) is 12.0. The van der Waals surface area contributed by atoms with E-state index >= 15 is 0 Å². The van der Waals surface area contributed by atoms with Crippen LogP contribution in [0.5, 0.6) is 5.75 Å². The van der Waals surface area contributed by atoms with Crippen LogP contribution in [0.3, 0.4) is 0 Å². The van der Waals surface area contributed by atoms with E-state index in [-0.39, 0.29) is 35.8 Å². The monoisotopic (exact) mass is 552 g/mol. The Morgan fingerprint density at radius 3 is 2.50 bits per heavy atom. The Kier molecular flexibility index (Phi) is 8.25. The Bertz CT molecular complexity index is 1350. The normalized spacial score (nSPS) is 21.6. The molecule has 6 rings (SSSR count). The van der Waals surface area contributed by atoms with E-state index in [0.29, 0.717) is 24.5 Å². The maximum absolute atomic E-state index is 14.8. The number of quaternary nitrogens is 1. The zero-order valence-corrected chi connectivity index (χ0v) is 22.1. The summed E-state index contributed by atoms with van der Waals surface area (Å²) in [5, 5.41) is 11.0. The topological polar surface area (TPSA) is 81.9 Å². The number of fused-ring (bicyclic) bond motifs is 3. The fourth-order valence-corrected chi connectivity index (χ4v) is 5.83. The SMILES string of the molecule is O=C(O[C@H]1C[N+]2(CCCOc3cccc([N+](=O)[O-])c3)CCC1CC2)N(Cc1ccc(F)cc1)c1ccccc1F. The smallest absolute Gasteiger partial charge is 0.415 e. The summed E-state index contributed by atoms with van der Waals surface area (Å²) in [4.78, 5) is 25.3. The molecule has 8 nitrogen and oxygen atoms in total. The van der Waals surface area contributed by atoms with Crippen LogP contribution in [-0.4, -0.2) is 54.4 Å². The molecule has 0 N–H and O–H groups in total. The highest BCUT2D eigenvalue weighted by molar-refractivity contribution is 5.87. The van der Waals surface area contributed by atoms with Gasteiger partial charge in [0, 0.05) is 31.2 Å². The molecule has 10 heteroatoms. The highest BCUT2D eigenvalue weighted by Crippen LogP contribution is 2.36. The number of non-ortho nitro benzene ring substituents is 1. The van der Waals surface area contributed by atoms with Crippen molar-refractivity contribution >= 4 is 17.5 Å². The maximum atomic E-state index is 14.8. The van der Waals surface area contributed by atoms with Gasteiger partial charge < -0.3 is 14.0 Å². The Labute approximate surface area is 231 Å². The van der Waals surface area contributed by atoms with Gasteiger partial charge in [0.25, 0.3) is 5.69 Å². The van der Waals surface area contributed by atoms with Crippen molar-refractivity contribution in [2.24, 2.45) is 5.92 Å². The molecule has 0 aromatic heterocycles. The lowest BCUT2D eigenvalue weighted by atomic mass is 9.83. The molecule has 2 bridgehead atoms. The molecule has 3 heterocycles. The minimum absolute atomic E-state index is 0.00834. The van der Waals surface area contributed by atoms with Gasteiger partial charge in [0.05, 0.1) is 49.5 Å². The van der Waals surface area contributed by atoms with Gasteiger partial charge in [0.1, 0.15) is 23.9 Å². The average molecular weight is 553 g/mol. The Hall–Kier alpha value is -4.05. The minimum Gasteiger partial charge on any atom is -0.493 e. The van der Waals surface area contributed by atoms with Crippen molar-refractivity contribution in [2.75, 3.05) is 37.7 Å². The van der Waals surface area contributed by atoms with E-state index in [0.717, 1.165) is 43.4 Å². The highest BCUT2D eigenvalue weighted by Gasteiger charge is 2.47. The number of piperidine rings is 3. The van der Waals surface area contributed by atoms with Gasteiger partial charge in [-0.15, -0.1) is 0 Å². The third-order valence-electron chi connectivity index (χ3n) is 7.99. The number of benzene rings is 3. The second-order valence-electron chi connectivity index (χ2n) is 10.6. The zero-order chi connectivity index (χ0) is 28.1. The summed E-state index contributed by atoms with van der Waals surface area (Å²) in [6.45, 7) is 3.96. The molecule has 210 valence electrons. The second-order valence-corrected chi connectivity index (χ2v) is 10.6. The number of nitro groups is 1. The quantitative estimate of drug-likeness (QED) is 0.132. The van der Waals surface area contributed by atoms with E-state index in [9.17, 15) is 23.7 Å². The minimum atomic E-state index is -0.625. The van der Waals surface area contributed by atoms with Crippen LogP contribution in [0.4, 0.5) is 25.0 Å². The molecule has 3 fully saturated rings. The van der Waals surface area contributed by atoms with Crippen LogP contribution < -0.4 is 9.64 Å². The number of para-hydroxylation sites is 1. The first kappa shape index (κ1) is 27.5. The van der Waals surface area contributed by atoms with Crippen LogP contribution in [0.15, 0.2) is 72.8 Å². The van der Waals surface area contributed by atoms with Gasteiger partial charge in [-0.1, -0.05) is 30.3 Å². The number of rotatable bonds is 10. The first-order valence-corrected chi connectivity index (χ1v) is 13.5. The number of ether oxygens (including phenoxy) is 2. The summed E-state index contributed by atoms with van der Waals surface area (Å²) >= 11 is 0. The lowest BCUT2D eigenvalue weighted by Crippen LogP contribution is -2.65. The van der Waals surface area contributed by atoms with Crippen molar-refractivity contribution < 1.29 is 32.5 Å². The fourth-order valence-electron chi connectivity index (χ4n) is 5.83. The van der Waals surface area contributed by atoms with Gasteiger partial charge in [0.2, 0.25) is 0 Å². The van der Waals surface area contributed by atoms with Crippen LogP contribution >= 0.6 is 0 Å². The third kappa shape index (κ3) is 6.39. The third-order valence-corrected chi connectivity index (χ3v) is 7.99. The lowest BCUT2D eigenvalue weighted by molar-refractivity contribution is -0.946. The summed E-state index contributed by atoms with van der Waals surface area (Å²) < 4.78 is 40.8. The van der Waals surface area contributed by atoms with Crippen molar-refractivity contribution in [3.63, 3.8) is 0 Å². The molecule has 1 atom stereocenters. The number of amides is 1. The Morgan fingerprint density at radius 2 is 1.77 bits per heavy atom. The van der Waals surface area contributed by atoms with Crippen molar-refractivity contribution in [1.82, 2.24) is 0 Å². The van der Waals surface area contributed by atoms with Gasteiger partial charge in [-0.3, -0.25) is 15.0 Å². The molecule has 1 amide bonds. The first-order chi connectivity index (χ1) is 19.3. The number of halogens is 2. The molecule has 3 aliphatic heterocycles. The van der Waals surface area contributed by atoms with E-state index in [1.165, 1.54) is 41.3 Å². The van der Waals surface area contributed by atoms with Crippen LogP contribution in [0.2, 0.25) is 0 Å². The molecule has 0 spiro atoms. The number of carbonyl (C=O) groups is 1. The zero-order valence-electron chi connectivity index (χ0n) is 22.1. The van der Waals surface area contributed by atoms with Crippen LogP contribution in [-0.2, 0) is 11.3 Å². The molecule has 3 aromatic carbocycles. The largest absolute Gasteiger partial charge is 0.493 e. The van der Waals surface area contributed by atoms with Crippen LogP contribution in [0, 0.1) is 27.7 Å². The van der Waals surface area contributed by atoms with E-state index < -0.39 is 16.8 Å². The van der Waals surface area contributed by atoms with Crippen molar-refractivity contribution in [1.29, 1.82) is 0 Å². The number of carbonyl (C=O) groups excluding carboxylic acids is 1. The molecule has 0 aliphatic carbocycles. The van der Waals surface area contributed by atoms with Gasteiger partial charge in [-0.25, -0.2) is 13.6 Å². The van der Waals surface area contributed by atoms with Crippen LogP contribution in [0.25, 0.3) is 0 Å². The number of hydrogen-bond donors (Lipinski definition) is 0. The standard InChI is InChI=1S/C30H32F2N3O5/c31-24-11-9-22(10-12-24)20-33(28-8-2-1-7-27(28)32)30(36)40-29-21-35(16-13-23(29)14-17-35)15-4-18-39-26-6-3-5-25(19-26)34(37)38/h1-3,5-12,19,23,29H,4,13-18,20-21H2/q+1/t23?,29-,35?/m0/s1. The van der Waals surface area contributed by atoms with E-state index in [1.54, 1.807) is 36.4 Å². The van der Waals surface area contributed by atoms with E-state index in [2.05, 4.69) is 0 Å². The van der Waals surface area contributed by atoms with Crippen LogP contribution in [0.1, 0.15) is 24.8 Å². The van der Waals surface area contributed by atoms with Gasteiger partial charge in [-0.05, 0) is 35.9 Å². The molecule has 3 aromatic rings. The number of nitrogens with zero attached hydrogens (tertiary/aromatic N) is 3. The van der Waals surface area contributed by atoms with Gasteiger partial charge >= 0.3 is 6.09 Å². The molecular formula is C30H32F2N3O5+. The van der Waals surface area contributed by atoms with E-state index in [1.807, 2.05) is 0 Å². The molecule has 0 saturated carbocycles. The molecule has 40 heavy (non-hydrogen) atoms. The summed E-state index contributed by atoms with van der Waals surface area (Å²) in [5.41, 5.74) is 0.758. The summed E-state index contributed by atoms with van der Waals surface area (Å²) in [6, 6.07) is 18.0. The maximum Gasteiger partial charge on any atom is 0.415 e. The number of hydrogen-bond acceptors (Lipinski definition) is 5. The molecule has 0 radical (unpaired) electrons.